The maximum Gasteiger partial charge on any atom is 0.331 e. The number of nitro groups is 1. The first-order valence-electron chi connectivity index (χ1n) is 7.28. The number of ether oxygens (including phenoxy) is 2. The molecule has 0 amide bonds. The molecule has 3 rings (SSSR count). The SMILES string of the molecule is COC(=O)C1(C(=O)OC)[C@@H]([N+](=O)[O-])[C@@H]1c1cccc2ccccc12. The molecule has 0 bridgehead atoms. The average molecular weight is 329 g/mol. The van der Waals surface area contributed by atoms with E-state index in [-0.39, 0.29) is 0 Å². The van der Waals surface area contributed by atoms with Crippen molar-refractivity contribution in [2.75, 3.05) is 14.2 Å². The van der Waals surface area contributed by atoms with Gasteiger partial charge < -0.3 is 9.47 Å². The summed E-state index contributed by atoms with van der Waals surface area (Å²) in [5.41, 5.74) is -1.39. The lowest BCUT2D eigenvalue weighted by atomic mass is 9.95. The van der Waals surface area contributed by atoms with E-state index in [0.29, 0.717) is 5.56 Å². The van der Waals surface area contributed by atoms with E-state index >= 15 is 0 Å². The number of carbonyl (C=O) groups is 2. The summed E-state index contributed by atoms with van der Waals surface area (Å²) in [6.45, 7) is 0. The van der Waals surface area contributed by atoms with E-state index in [1.54, 1.807) is 24.3 Å². The molecule has 0 saturated heterocycles. The van der Waals surface area contributed by atoms with Crippen molar-refractivity contribution in [3.05, 3.63) is 58.1 Å². The van der Waals surface area contributed by atoms with E-state index in [2.05, 4.69) is 0 Å². The van der Waals surface area contributed by atoms with E-state index < -0.39 is 34.2 Å². The van der Waals surface area contributed by atoms with Crippen LogP contribution in [0.5, 0.6) is 0 Å². The van der Waals surface area contributed by atoms with Gasteiger partial charge in [0.15, 0.2) is 0 Å². The minimum atomic E-state index is -1.95. The molecule has 7 nitrogen and oxygen atoms in total. The molecule has 2 aromatic rings. The van der Waals surface area contributed by atoms with Crippen LogP contribution in [0.4, 0.5) is 0 Å². The standard InChI is InChI=1S/C17H15NO6/c1-23-15(19)17(16(20)24-2)13(14(17)18(21)22)12-9-5-7-10-6-3-4-8-11(10)12/h3-9,13-14H,1-2H3/t13-,14-/m0/s1. The molecule has 0 heterocycles. The molecule has 2 atom stereocenters. The number of benzene rings is 2. The summed E-state index contributed by atoms with van der Waals surface area (Å²) in [5, 5.41) is 13.2. The van der Waals surface area contributed by atoms with E-state index in [1.165, 1.54) is 0 Å². The molecular weight excluding hydrogens is 314 g/mol. The third-order valence-corrected chi connectivity index (χ3v) is 4.60. The monoisotopic (exact) mass is 329 g/mol. The van der Waals surface area contributed by atoms with E-state index in [0.717, 1.165) is 25.0 Å². The van der Waals surface area contributed by atoms with Crippen molar-refractivity contribution in [3.63, 3.8) is 0 Å². The third-order valence-electron chi connectivity index (χ3n) is 4.60. The van der Waals surface area contributed by atoms with Crippen molar-refractivity contribution in [3.8, 4) is 0 Å². The van der Waals surface area contributed by atoms with Crippen LogP contribution in [0.3, 0.4) is 0 Å². The number of carbonyl (C=O) groups excluding carboxylic acids is 2. The molecule has 0 aromatic heterocycles. The largest absolute Gasteiger partial charge is 0.468 e. The van der Waals surface area contributed by atoms with Gasteiger partial charge in [-0.25, -0.2) is 0 Å². The summed E-state index contributed by atoms with van der Waals surface area (Å²) < 4.78 is 9.40. The zero-order valence-corrected chi connectivity index (χ0v) is 13.1. The van der Waals surface area contributed by atoms with Crippen LogP contribution in [-0.4, -0.2) is 37.1 Å². The molecule has 0 N–H and O–H groups in total. The number of hydrogen-bond acceptors (Lipinski definition) is 6. The van der Waals surface area contributed by atoms with Gasteiger partial charge in [0.05, 0.1) is 20.1 Å². The van der Waals surface area contributed by atoms with Crippen LogP contribution >= 0.6 is 0 Å². The Labute approximate surface area is 137 Å². The predicted molar refractivity (Wildman–Crippen MR) is 83.9 cm³/mol. The van der Waals surface area contributed by atoms with E-state index in [9.17, 15) is 19.7 Å². The van der Waals surface area contributed by atoms with Crippen LogP contribution in [-0.2, 0) is 19.1 Å². The highest BCUT2D eigenvalue weighted by atomic mass is 16.6. The van der Waals surface area contributed by atoms with Gasteiger partial charge in [-0.15, -0.1) is 0 Å². The Morgan fingerprint density at radius 2 is 1.62 bits per heavy atom. The van der Waals surface area contributed by atoms with Crippen molar-refractivity contribution in [1.82, 2.24) is 0 Å². The van der Waals surface area contributed by atoms with Crippen LogP contribution in [0.2, 0.25) is 0 Å². The quantitative estimate of drug-likeness (QED) is 0.368. The van der Waals surface area contributed by atoms with Gasteiger partial charge in [-0.3, -0.25) is 19.7 Å². The fourth-order valence-corrected chi connectivity index (χ4v) is 3.51. The zero-order valence-electron chi connectivity index (χ0n) is 13.1. The summed E-state index contributed by atoms with van der Waals surface area (Å²) >= 11 is 0. The average Bonchev–Trinajstić information content (AvgIpc) is 3.31. The van der Waals surface area contributed by atoms with Crippen molar-refractivity contribution >= 4 is 22.7 Å². The van der Waals surface area contributed by atoms with Gasteiger partial charge in [-0.05, 0) is 16.3 Å². The number of rotatable bonds is 4. The van der Waals surface area contributed by atoms with E-state index in [1.807, 2.05) is 18.2 Å². The maximum atomic E-state index is 12.3. The number of nitrogens with zero attached hydrogens (tertiary/aromatic N) is 1. The predicted octanol–water partition coefficient (Wildman–Crippen LogP) is 1.91. The normalized spacial score (nSPS) is 21.1. The van der Waals surface area contributed by atoms with Gasteiger partial charge in [0.1, 0.15) is 0 Å². The molecule has 0 radical (unpaired) electrons. The summed E-state index contributed by atoms with van der Waals surface area (Å²) in [4.78, 5) is 35.5. The molecule has 124 valence electrons. The zero-order chi connectivity index (χ0) is 17.5. The first-order valence-corrected chi connectivity index (χ1v) is 7.28. The molecule has 1 saturated carbocycles. The van der Waals surface area contributed by atoms with Crippen molar-refractivity contribution in [1.29, 1.82) is 0 Å². The molecule has 1 aliphatic rings. The van der Waals surface area contributed by atoms with Crippen LogP contribution in [0.1, 0.15) is 11.5 Å². The Bertz CT molecular complexity index is 825. The smallest absolute Gasteiger partial charge is 0.331 e. The molecule has 0 unspecified atom stereocenters. The van der Waals surface area contributed by atoms with Crippen LogP contribution < -0.4 is 0 Å². The highest BCUT2D eigenvalue weighted by Gasteiger charge is 2.85. The number of fused-ring (bicyclic) bond motifs is 1. The Morgan fingerprint density at radius 1 is 1.04 bits per heavy atom. The van der Waals surface area contributed by atoms with Gasteiger partial charge in [0.2, 0.25) is 11.5 Å². The fraction of sp³-hybridized carbons (Fsp3) is 0.294. The second-order valence-corrected chi connectivity index (χ2v) is 5.63. The van der Waals surface area contributed by atoms with Crippen LogP contribution in [0.15, 0.2) is 42.5 Å². The fourth-order valence-electron chi connectivity index (χ4n) is 3.51. The van der Waals surface area contributed by atoms with Crippen LogP contribution in [0, 0.1) is 15.5 Å². The molecule has 24 heavy (non-hydrogen) atoms. The molecule has 0 aliphatic heterocycles. The molecular formula is C17H15NO6. The lowest BCUT2D eigenvalue weighted by Gasteiger charge is -2.11. The molecule has 2 aromatic carbocycles. The number of methoxy groups -OCH3 is 2. The minimum absolute atomic E-state index is 0.561. The minimum Gasteiger partial charge on any atom is -0.468 e. The van der Waals surface area contributed by atoms with Crippen LogP contribution in [0.25, 0.3) is 10.8 Å². The molecule has 7 heteroatoms. The van der Waals surface area contributed by atoms with Gasteiger partial charge in [0, 0.05) is 4.92 Å². The van der Waals surface area contributed by atoms with Gasteiger partial charge in [-0.2, -0.15) is 0 Å². The van der Waals surface area contributed by atoms with E-state index in [4.69, 9.17) is 9.47 Å². The van der Waals surface area contributed by atoms with Crippen molar-refractivity contribution < 1.29 is 24.0 Å². The number of esters is 2. The summed E-state index contributed by atoms with van der Waals surface area (Å²) in [7, 11) is 2.20. The van der Waals surface area contributed by atoms with Gasteiger partial charge in [0.25, 0.3) is 0 Å². The lowest BCUT2D eigenvalue weighted by molar-refractivity contribution is -0.501. The first kappa shape index (κ1) is 15.9. The second-order valence-electron chi connectivity index (χ2n) is 5.63. The highest BCUT2D eigenvalue weighted by Crippen LogP contribution is 2.63. The molecule has 0 spiro atoms. The van der Waals surface area contributed by atoms with Crippen molar-refractivity contribution in [2.45, 2.75) is 12.0 Å². The van der Waals surface area contributed by atoms with Gasteiger partial charge >= 0.3 is 11.9 Å². The highest BCUT2D eigenvalue weighted by molar-refractivity contribution is 6.07. The summed E-state index contributed by atoms with van der Waals surface area (Å²) in [5.74, 6) is -2.83. The Hall–Kier alpha value is -2.96. The first-order chi connectivity index (χ1) is 11.5. The molecule has 1 aliphatic carbocycles. The Kier molecular flexibility index (Phi) is 3.71. The Morgan fingerprint density at radius 3 is 2.21 bits per heavy atom. The Balaban J connectivity index is 2.23. The van der Waals surface area contributed by atoms with Crippen molar-refractivity contribution in [2.24, 2.45) is 5.41 Å². The lowest BCUT2D eigenvalue weighted by Crippen LogP contribution is -2.34. The number of hydrogen-bond donors (Lipinski definition) is 0. The van der Waals surface area contributed by atoms with Gasteiger partial charge in [-0.1, -0.05) is 42.5 Å². The maximum absolute atomic E-state index is 12.3. The topological polar surface area (TPSA) is 95.7 Å². The third kappa shape index (κ3) is 1.97. The molecule has 1 fully saturated rings. The summed E-state index contributed by atoms with van der Waals surface area (Å²) in [6, 6.07) is 11.2. The second kappa shape index (κ2) is 5.59. The summed E-state index contributed by atoms with van der Waals surface area (Å²) in [6.07, 6.45) is 0.